The van der Waals surface area contributed by atoms with Gasteiger partial charge in [0.25, 0.3) is 0 Å². The van der Waals surface area contributed by atoms with Crippen molar-refractivity contribution in [2.45, 2.75) is 26.4 Å². The Morgan fingerprint density at radius 1 is 1.21 bits per heavy atom. The SMILES string of the molecule is CC(C)c1c(N)noc1-c1ccc(OC(F)F)cc1. The largest absolute Gasteiger partial charge is 0.435 e. The number of ether oxygens (including phenoxy) is 1. The topological polar surface area (TPSA) is 61.3 Å². The van der Waals surface area contributed by atoms with E-state index in [0.717, 1.165) is 11.1 Å². The minimum Gasteiger partial charge on any atom is -0.435 e. The van der Waals surface area contributed by atoms with Gasteiger partial charge in [0.1, 0.15) is 5.75 Å². The molecule has 0 aliphatic heterocycles. The van der Waals surface area contributed by atoms with Gasteiger partial charge in [0, 0.05) is 11.1 Å². The molecule has 0 aliphatic carbocycles. The molecule has 102 valence electrons. The zero-order valence-corrected chi connectivity index (χ0v) is 10.6. The number of halogens is 2. The summed E-state index contributed by atoms with van der Waals surface area (Å²) in [4.78, 5) is 0. The Bertz CT molecular complexity index is 550. The van der Waals surface area contributed by atoms with Gasteiger partial charge >= 0.3 is 6.61 Å². The number of nitrogens with zero attached hydrogens (tertiary/aromatic N) is 1. The molecule has 4 nitrogen and oxygen atoms in total. The lowest BCUT2D eigenvalue weighted by atomic mass is 9.99. The minimum absolute atomic E-state index is 0.0948. The second kappa shape index (κ2) is 5.26. The minimum atomic E-state index is -2.84. The van der Waals surface area contributed by atoms with Gasteiger partial charge < -0.3 is 15.0 Å². The summed E-state index contributed by atoms with van der Waals surface area (Å²) in [5.74, 6) is 1.14. The molecular weight excluding hydrogens is 254 g/mol. The number of aromatic nitrogens is 1. The summed E-state index contributed by atoms with van der Waals surface area (Å²) in [5, 5.41) is 3.74. The highest BCUT2D eigenvalue weighted by Crippen LogP contribution is 2.34. The first kappa shape index (κ1) is 13.3. The molecular formula is C13H14F2N2O2. The van der Waals surface area contributed by atoms with E-state index >= 15 is 0 Å². The fraction of sp³-hybridized carbons (Fsp3) is 0.308. The van der Waals surface area contributed by atoms with E-state index in [2.05, 4.69) is 9.89 Å². The number of hydrogen-bond acceptors (Lipinski definition) is 4. The molecule has 2 aromatic rings. The first-order valence-electron chi connectivity index (χ1n) is 5.79. The first-order chi connectivity index (χ1) is 8.99. The number of nitrogens with two attached hydrogens (primary N) is 1. The summed E-state index contributed by atoms with van der Waals surface area (Å²) in [5.41, 5.74) is 7.27. The Balaban J connectivity index is 2.32. The van der Waals surface area contributed by atoms with Crippen LogP contribution >= 0.6 is 0 Å². The molecule has 0 radical (unpaired) electrons. The summed E-state index contributed by atoms with van der Waals surface area (Å²) in [6.45, 7) is 1.11. The summed E-state index contributed by atoms with van der Waals surface area (Å²) in [6.07, 6.45) is 0. The van der Waals surface area contributed by atoms with Crippen molar-refractivity contribution in [1.82, 2.24) is 5.16 Å². The van der Waals surface area contributed by atoms with E-state index in [1.165, 1.54) is 12.1 Å². The Kier molecular flexibility index (Phi) is 3.69. The summed E-state index contributed by atoms with van der Waals surface area (Å²) < 4.78 is 33.6. The number of anilines is 1. The van der Waals surface area contributed by atoms with Crippen molar-refractivity contribution >= 4 is 5.82 Å². The second-order valence-electron chi connectivity index (χ2n) is 4.37. The van der Waals surface area contributed by atoms with Crippen molar-refractivity contribution in [3.8, 4) is 17.1 Å². The average Bonchev–Trinajstić information content (AvgIpc) is 2.71. The van der Waals surface area contributed by atoms with Gasteiger partial charge in [0.15, 0.2) is 11.6 Å². The van der Waals surface area contributed by atoms with Crippen LogP contribution in [-0.2, 0) is 0 Å². The van der Waals surface area contributed by atoms with Gasteiger partial charge in [-0.2, -0.15) is 8.78 Å². The number of nitrogen functional groups attached to an aromatic ring is 1. The molecule has 6 heteroatoms. The quantitative estimate of drug-likeness (QED) is 0.919. The zero-order chi connectivity index (χ0) is 14.0. The molecule has 19 heavy (non-hydrogen) atoms. The van der Waals surface area contributed by atoms with Crippen molar-refractivity contribution in [3.63, 3.8) is 0 Å². The molecule has 0 aliphatic rings. The summed E-state index contributed by atoms with van der Waals surface area (Å²) >= 11 is 0. The van der Waals surface area contributed by atoms with Crippen molar-refractivity contribution in [2.24, 2.45) is 0 Å². The Morgan fingerprint density at radius 2 is 1.84 bits per heavy atom. The van der Waals surface area contributed by atoms with Gasteiger partial charge in [0.05, 0.1) is 0 Å². The molecule has 0 unspecified atom stereocenters. The van der Waals surface area contributed by atoms with E-state index in [-0.39, 0.29) is 11.7 Å². The van der Waals surface area contributed by atoms with Crippen LogP contribution in [0.4, 0.5) is 14.6 Å². The molecule has 1 aromatic carbocycles. The second-order valence-corrected chi connectivity index (χ2v) is 4.37. The van der Waals surface area contributed by atoms with Crippen LogP contribution in [0.25, 0.3) is 11.3 Å². The lowest BCUT2D eigenvalue weighted by Gasteiger charge is -2.07. The van der Waals surface area contributed by atoms with Crippen LogP contribution in [0, 0.1) is 0 Å². The molecule has 0 saturated carbocycles. The summed E-state index contributed by atoms with van der Waals surface area (Å²) in [6, 6.07) is 6.15. The van der Waals surface area contributed by atoms with Gasteiger partial charge in [-0.05, 0) is 30.2 Å². The Morgan fingerprint density at radius 3 is 2.37 bits per heavy atom. The number of hydrogen-bond donors (Lipinski definition) is 1. The molecule has 0 atom stereocenters. The van der Waals surface area contributed by atoms with Gasteiger partial charge in [-0.1, -0.05) is 19.0 Å². The third-order valence-electron chi connectivity index (χ3n) is 2.67. The fourth-order valence-electron chi connectivity index (χ4n) is 1.86. The first-order valence-corrected chi connectivity index (χ1v) is 5.79. The fourth-order valence-corrected chi connectivity index (χ4v) is 1.86. The highest BCUT2D eigenvalue weighted by molar-refractivity contribution is 5.67. The van der Waals surface area contributed by atoms with E-state index in [0.29, 0.717) is 11.6 Å². The predicted octanol–water partition coefficient (Wildman–Crippen LogP) is 3.65. The van der Waals surface area contributed by atoms with E-state index in [4.69, 9.17) is 10.3 Å². The van der Waals surface area contributed by atoms with Gasteiger partial charge in [0.2, 0.25) is 0 Å². The number of benzene rings is 1. The molecule has 1 aromatic heterocycles. The molecule has 2 N–H and O–H groups in total. The van der Waals surface area contributed by atoms with Gasteiger partial charge in [-0.15, -0.1) is 0 Å². The third kappa shape index (κ3) is 2.83. The van der Waals surface area contributed by atoms with Crippen LogP contribution in [0.5, 0.6) is 5.75 Å². The zero-order valence-electron chi connectivity index (χ0n) is 10.6. The maximum absolute atomic E-state index is 12.1. The summed E-state index contributed by atoms with van der Waals surface area (Å²) in [7, 11) is 0. The predicted molar refractivity (Wildman–Crippen MR) is 67.1 cm³/mol. The van der Waals surface area contributed by atoms with Crippen LogP contribution in [0.2, 0.25) is 0 Å². The highest BCUT2D eigenvalue weighted by Gasteiger charge is 2.18. The average molecular weight is 268 g/mol. The Hall–Kier alpha value is -2.11. The van der Waals surface area contributed by atoms with Crippen molar-refractivity contribution in [1.29, 1.82) is 0 Å². The molecule has 0 fully saturated rings. The van der Waals surface area contributed by atoms with E-state index < -0.39 is 6.61 Å². The van der Waals surface area contributed by atoms with Crippen molar-refractivity contribution < 1.29 is 18.0 Å². The molecule has 1 heterocycles. The van der Waals surface area contributed by atoms with Crippen LogP contribution in [0.3, 0.4) is 0 Å². The van der Waals surface area contributed by atoms with Gasteiger partial charge in [-0.3, -0.25) is 0 Å². The number of alkyl halides is 2. The standard InChI is InChI=1S/C13H14F2N2O2/c1-7(2)10-11(19-17-12(10)16)8-3-5-9(6-4-8)18-13(14)15/h3-7,13H,1-2H3,(H2,16,17). The molecule has 0 bridgehead atoms. The molecule has 0 amide bonds. The van der Waals surface area contributed by atoms with Gasteiger partial charge in [-0.25, -0.2) is 0 Å². The van der Waals surface area contributed by atoms with Crippen LogP contribution < -0.4 is 10.5 Å². The van der Waals surface area contributed by atoms with E-state index in [1.807, 2.05) is 13.8 Å². The monoisotopic (exact) mass is 268 g/mol. The highest BCUT2D eigenvalue weighted by atomic mass is 19.3. The van der Waals surface area contributed by atoms with E-state index in [1.54, 1.807) is 12.1 Å². The maximum atomic E-state index is 12.1. The lowest BCUT2D eigenvalue weighted by Crippen LogP contribution is -2.01. The lowest BCUT2D eigenvalue weighted by molar-refractivity contribution is -0.0498. The molecule has 2 rings (SSSR count). The van der Waals surface area contributed by atoms with Crippen LogP contribution in [-0.4, -0.2) is 11.8 Å². The third-order valence-corrected chi connectivity index (χ3v) is 2.67. The maximum Gasteiger partial charge on any atom is 0.387 e. The van der Waals surface area contributed by atoms with Crippen molar-refractivity contribution in [2.75, 3.05) is 5.73 Å². The Labute approximate surface area is 109 Å². The smallest absolute Gasteiger partial charge is 0.387 e. The number of rotatable bonds is 4. The van der Waals surface area contributed by atoms with E-state index in [9.17, 15) is 8.78 Å². The molecule has 0 saturated heterocycles. The van der Waals surface area contributed by atoms with Crippen LogP contribution in [0.15, 0.2) is 28.8 Å². The molecule has 0 spiro atoms. The van der Waals surface area contributed by atoms with Crippen LogP contribution in [0.1, 0.15) is 25.3 Å². The normalized spacial score (nSPS) is 11.3. The van der Waals surface area contributed by atoms with Crippen molar-refractivity contribution in [3.05, 3.63) is 29.8 Å².